The van der Waals surface area contributed by atoms with Crippen LogP contribution in [0.2, 0.25) is 0 Å². The fourth-order valence-electron chi connectivity index (χ4n) is 15.2. The number of fused-ring (bicyclic) bond motifs is 7. The molecule has 10 aromatic rings. The van der Waals surface area contributed by atoms with E-state index in [9.17, 15) is 0 Å². The van der Waals surface area contributed by atoms with Gasteiger partial charge in [0.1, 0.15) is 0 Å². The second-order valence-electron chi connectivity index (χ2n) is 36.5. The topological polar surface area (TPSA) is 11.4 Å². The Labute approximate surface area is 573 Å². The van der Waals surface area contributed by atoms with Crippen LogP contribution in [-0.2, 0) is 43.3 Å². The molecule has 0 spiro atoms. The molecule has 0 fully saturated rings. The molecule has 0 saturated carbocycles. The molecule has 0 saturated heterocycles. The summed E-state index contributed by atoms with van der Waals surface area (Å²) in [5.74, 6) is 0. The first-order valence-corrected chi connectivity index (χ1v) is 36.3. The Morgan fingerprint density at radius 1 is 0.298 bits per heavy atom. The van der Waals surface area contributed by atoms with Crippen LogP contribution in [0.5, 0.6) is 0 Å². The molecule has 9 aromatic carbocycles. The lowest BCUT2D eigenvalue weighted by molar-refractivity contribution is 0.567. The fourth-order valence-corrected chi connectivity index (χ4v) is 17.9. The third kappa shape index (κ3) is 10.6. The van der Waals surface area contributed by atoms with E-state index >= 15 is 0 Å². The minimum atomic E-state index is -0.0655. The van der Waals surface area contributed by atoms with Gasteiger partial charge in [-0.25, -0.2) is 0 Å². The van der Waals surface area contributed by atoms with Crippen molar-refractivity contribution in [3.63, 3.8) is 0 Å². The van der Waals surface area contributed by atoms with E-state index in [1.54, 1.807) is 0 Å². The molecule has 0 N–H and O–H groups in total. The highest BCUT2D eigenvalue weighted by molar-refractivity contribution is 8.01. The number of para-hydroxylation sites is 2. The molecule has 4 aliphatic heterocycles. The van der Waals surface area contributed by atoms with Gasteiger partial charge in [-0.15, -0.1) is 0 Å². The van der Waals surface area contributed by atoms with E-state index in [0.29, 0.717) is 0 Å². The van der Waals surface area contributed by atoms with Gasteiger partial charge in [-0.05, 0) is 195 Å². The number of hydrogen-bond acceptors (Lipinski definition) is 4. The molecule has 0 radical (unpaired) electrons. The molecule has 0 bridgehead atoms. The quantitative estimate of drug-likeness (QED) is 0.154. The highest BCUT2D eigenvalue weighted by atomic mass is 32.2. The monoisotopic (exact) mass is 1270 g/mol. The SMILES string of the molecule is Cc1c2c3c4c5c1Sc1cc(N(c6cc(C(C)(C)C)cc(C(C)(C)C)c6)c6cc(C(C)(C)C)cc(C(C)(C)C)c6)ccc1B5c1cccc5c6cccc(c6n-4c15)B3c1ccc(N(c3cc(C(C)(C)C)cc(C(C)(C)C)c3)c3cc(C(C)(C)C)cc(C(C)(C)C)c3)cc1S2. The van der Waals surface area contributed by atoms with Crippen molar-refractivity contribution in [2.45, 2.75) is 236 Å². The molecular weight excluding hydrogens is 1170 g/mol. The summed E-state index contributed by atoms with van der Waals surface area (Å²) >= 11 is 4.04. The standard InChI is InChI=1S/C87H99B2N3S2/c1-50-78-73-77-74-79(50)94-72-49-60(91(63-44-55(84(14,15)16)38-56(45-63)85(17,18)19)64-46-57(86(20,21)22)39-58(47-64)87(23,24)25)33-35-68(72)89(74)70-31-27-29-66-65-28-26-30-69(75(65)92(77)76(66)70)88(73)67-34-32-59(48-71(67)93-78)90(61-40-51(80(2,3)4)36-52(41-61)81(5,6)7)62-42-53(82(8,9)10)37-54(43-62)83(11,12)13/h26-49H,1-25H3. The molecular formula is C87H99B2N3S2. The van der Waals surface area contributed by atoms with Crippen molar-refractivity contribution in [1.82, 2.24) is 4.57 Å². The molecule has 0 aliphatic carbocycles. The summed E-state index contributed by atoms with van der Waals surface area (Å²) < 4.78 is 2.75. The number of benzene rings is 9. The molecule has 1 aromatic heterocycles. The van der Waals surface area contributed by atoms with Crippen molar-refractivity contribution >= 4 is 126 Å². The van der Waals surface area contributed by atoms with Gasteiger partial charge in [0.15, 0.2) is 0 Å². The molecule has 94 heavy (non-hydrogen) atoms. The van der Waals surface area contributed by atoms with E-state index in [1.165, 1.54) is 164 Å². The number of nitrogens with zero attached hydrogens (tertiary/aromatic N) is 3. The van der Waals surface area contributed by atoms with Gasteiger partial charge in [0.05, 0.1) is 0 Å². The fraction of sp³-hybridized carbons (Fsp3) is 0.379. The van der Waals surface area contributed by atoms with Crippen molar-refractivity contribution in [2.24, 2.45) is 0 Å². The van der Waals surface area contributed by atoms with Crippen molar-refractivity contribution in [1.29, 1.82) is 0 Å². The number of aromatic nitrogens is 1. The van der Waals surface area contributed by atoms with Gasteiger partial charge in [0.2, 0.25) is 13.4 Å². The lowest BCUT2D eigenvalue weighted by atomic mass is 9.31. The van der Waals surface area contributed by atoms with E-state index in [4.69, 9.17) is 0 Å². The molecule has 3 nitrogen and oxygen atoms in total. The first-order valence-electron chi connectivity index (χ1n) is 34.7. The summed E-state index contributed by atoms with van der Waals surface area (Å²) in [5, 5.41) is 2.69. The lowest BCUT2D eigenvalue weighted by Gasteiger charge is -2.42. The molecule has 480 valence electrons. The average Bonchev–Trinajstić information content (AvgIpc) is 1.36. The summed E-state index contributed by atoms with van der Waals surface area (Å²) in [4.78, 5) is 10.7. The first-order chi connectivity index (χ1) is 43.6. The Hall–Kier alpha value is -6.79. The summed E-state index contributed by atoms with van der Waals surface area (Å²) in [7, 11) is 0. The van der Waals surface area contributed by atoms with Gasteiger partial charge in [-0.1, -0.05) is 273 Å². The smallest absolute Gasteiger partial charge is 0.249 e. The number of rotatable bonds is 6. The van der Waals surface area contributed by atoms with Crippen LogP contribution in [0.3, 0.4) is 0 Å². The van der Waals surface area contributed by atoms with Crippen molar-refractivity contribution in [2.75, 3.05) is 9.80 Å². The van der Waals surface area contributed by atoms with Crippen molar-refractivity contribution in [3.05, 3.63) is 196 Å². The maximum atomic E-state index is 2.75. The molecule has 4 aliphatic rings. The van der Waals surface area contributed by atoms with Gasteiger partial charge < -0.3 is 14.4 Å². The molecule has 14 rings (SSSR count). The lowest BCUT2D eigenvalue weighted by Crippen LogP contribution is -2.66. The van der Waals surface area contributed by atoms with Crippen LogP contribution in [0.25, 0.3) is 27.5 Å². The van der Waals surface area contributed by atoms with E-state index in [1.807, 2.05) is 23.5 Å². The second kappa shape index (κ2) is 21.1. The third-order valence-electron chi connectivity index (χ3n) is 21.2. The molecule has 0 atom stereocenters. The molecule has 0 amide bonds. The van der Waals surface area contributed by atoms with Crippen molar-refractivity contribution in [3.8, 4) is 5.69 Å². The van der Waals surface area contributed by atoms with Gasteiger partial charge in [-0.2, -0.15) is 0 Å². The van der Waals surface area contributed by atoms with Crippen LogP contribution in [0.4, 0.5) is 34.1 Å². The highest BCUT2D eigenvalue weighted by Gasteiger charge is 2.49. The van der Waals surface area contributed by atoms with Gasteiger partial charge in [-0.3, -0.25) is 0 Å². The zero-order valence-corrected chi connectivity index (χ0v) is 62.8. The predicted molar refractivity (Wildman–Crippen MR) is 415 cm³/mol. The maximum absolute atomic E-state index is 2.75. The Bertz CT molecular complexity index is 4260. The van der Waals surface area contributed by atoms with E-state index in [2.05, 4.69) is 333 Å². The Morgan fingerprint density at radius 2 is 0.564 bits per heavy atom. The van der Waals surface area contributed by atoms with Crippen LogP contribution in [-0.4, -0.2) is 18.0 Å². The first kappa shape index (κ1) is 64.5. The average molecular weight is 1270 g/mol. The summed E-state index contributed by atoms with van der Waals surface area (Å²) in [6.07, 6.45) is 0. The summed E-state index contributed by atoms with van der Waals surface area (Å²) in [6.45, 7) is 59.3. The van der Waals surface area contributed by atoms with E-state index in [0.717, 1.165) is 0 Å². The van der Waals surface area contributed by atoms with Crippen LogP contribution in [0, 0.1) is 6.92 Å². The molecule has 7 heteroatoms. The normalized spacial score (nSPS) is 14.5. The van der Waals surface area contributed by atoms with Gasteiger partial charge in [0, 0.05) is 81.2 Å². The van der Waals surface area contributed by atoms with Crippen LogP contribution < -0.4 is 42.6 Å². The largest absolute Gasteiger partial charge is 0.311 e. The van der Waals surface area contributed by atoms with Gasteiger partial charge >= 0.3 is 0 Å². The highest BCUT2D eigenvalue weighted by Crippen LogP contribution is 2.51. The van der Waals surface area contributed by atoms with Crippen LogP contribution in [0.1, 0.15) is 216 Å². The Balaban J connectivity index is 1.01. The van der Waals surface area contributed by atoms with Crippen LogP contribution in [0.15, 0.2) is 165 Å². The second-order valence-corrected chi connectivity index (χ2v) is 38.6. The zero-order valence-electron chi connectivity index (χ0n) is 61.2. The summed E-state index contributed by atoms with van der Waals surface area (Å²) in [5.41, 5.74) is 31.5. The van der Waals surface area contributed by atoms with E-state index < -0.39 is 0 Å². The van der Waals surface area contributed by atoms with Crippen LogP contribution >= 0.6 is 23.5 Å². The number of anilines is 6. The Morgan fingerprint density at radius 3 is 0.819 bits per heavy atom. The minimum absolute atomic E-state index is 0.0509. The van der Waals surface area contributed by atoms with E-state index in [-0.39, 0.29) is 56.7 Å². The molecule has 0 unspecified atom stereocenters. The van der Waals surface area contributed by atoms with Gasteiger partial charge in [0.25, 0.3) is 0 Å². The third-order valence-corrected chi connectivity index (χ3v) is 23.8. The maximum Gasteiger partial charge on any atom is 0.249 e. The minimum Gasteiger partial charge on any atom is -0.311 e. The zero-order chi connectivity index (χ0) is 67.6. The van der Waals surface area contributed by atoms with Crippen molar-refractivity contribution < 1.29 is 0 Å². The summed E-state index contributed by atoms with van der Waals surface area (Å²) in [6, 6.07) is 59.3. The number of hydrogen-bond donors (Lipinski definition) is 0. The molecule has 5 heterocycles. The predicted octanol–water partition coefficient (Wildman–Crippen LogP) is 21.0. The Kier molecular flexibility index (Phi) is 14.5.